The Labute approximate surface area is 79.9 Å². The third kappa shape index (κ3) is 1.85. The Kier molecular flexibility index (Phi) is 2.52. The molecule has 2 N–H and O–H groups in total. The summed E-state index contributed by atoms with van der Waals surface area (Å²) >= 11 is 3.30. The van der Waals surface area contributed by atoms with Crippen LogP contribution in [0.4, 0.5) is 5.69 Å². The van der Waals surface area contributed by atoms with Crippen LogP contribution >= 0.6 is 15.9 Å². The smallest absolute Gasteiger partial charge is 0.140 e. The average molecular weight is 228 g/mol. The highest BCUT2D eigenvalue weighted by atomic mass is 79.9. The third-order valence-electron chi connectivity index (χ3n) is 1.70. The van der Waals surface area contributed by atoms with Crippen molar-refractivity contribution in [1.82, 2.24) is 0 Å². The van der Waals surface area contributed by atoms with E-state index in [9.17, 15) is 4.79 Å². The van der Waals surface area contributed by atoms with Gasteiger partial charge in [-0.15, -0.1) is 0 Å². The van der Waals surface area contributed by atoms with Gasteiger partial charge in [-0.2, -0.15) is 0 Å². The van der Waals surface area contributed by atoms with Gasteiger partial charge in [0.05, 0.1) is 0 Å². The number of nitrogens with two attached hydrogens (primary N) is 1. The quantitative estimate of drug-likeness (QED) is 0.478. The molecule has 1 unspecified atom stereocenters. The number of benzene rings is 1. The van der Waals surface area contributed by atoms with Crippen LogP contribution in [0, 0.1) is 0 Å². The van der Waals surface area contributed by atoms with Crippen LogP contribution in [0.3, 0.4) is 0 Å². The molecule has 1 rings (SSSR count). The molecule has 0 bridgehead atoms. The zero-order valence-electron chi connectivity index (χ0n) is 6.75. The number of carbonyl (C=O) groups excluding carboxylic acids is 1. The lowest BCUT2D eigenvalue weighted by molar-refractivity contribution is -0.109. The number of alkyl halides is 1. The SMILES string of the molecule is CC(Br)(C=O)c1ccc(N)cc1. The molecule has 3 heteroatoms. The Morgan fingerprint density at radius 1 is 1.42 bits per heavy atom. The summed E-state index contributed by atoms with van der Waals surface area (Å²) < 4.78 is -0.597. The van der Waals surface area contributed by atoms with Crippen LogP contribution in [0.1, 0.15) is 12.5 Å². The zero-order chi connectivity index (χ0) is 9.19. The minimum absolute atomic E-state index is 0.597. The maximum absolute atomic E-state index is 10.6. The Hall–Kier alpha value is -0.830. The molecule has 0 saturated carbocycles. The second kappa shape index (κ2) is 3.27. The van der Waals surface area contributed by atoms with Gasteiger partial charge in [-0.25, -0.2) is 0 Å². The Balaban J connectivity index is 3.04. The van der Waals surface area contributed by atoms with Gasteiger partial charge in [-0.05, 0) is 24.6 Å². The van der Waals surface area contributed by atoms with Crippen molar-refractivity contribution in [3.63, 3.8) is 0 Å². The van der Waals surface area contributed by atoms with Crippen molar-refractivity contribution in [3.05, 3.63) is 29.8 Å². The van der Waals surface area contributed by atoms with Crippen LogP contribution in [-0.2, 0) is 9.12 Å². The van der Waals surface area contributed by atoms with E-state index in [-0.39, 0.29) is 0 Å². The predicted molar refractivity (Wildman–Crippen MR) is 53.2 cm³/mol. The first kappa shape index (κ1) is 9.26. The van der Waals surface area contributed by atoms with Crippen LogP contribution in [0.2, 0.25) is 0 Å². The summed E-state index contributed by atoms with van der Waals surface area (Å²) in [6, 6.07) is 7.22. The van der Waals surface area contributed by atoms with E-state index in [1.54, 1.807) is 19.1 Å². The fraction of sp³-hybridized carbons (Fsp3) is 0.222. The van der Waals surface area contributed by atoms with Crippen LogP contribution < -0.4 is 5.73 Å². The fourth-order valence-corrected chi connectivity index (χ4v) is 1.14. The van der Waals surface area contributed by atoms with E-state index in [4.69, 9.17) is 5.73 Å². The molecule has 1 aromatic rings. The molecule has 64 valence electrons. The molecule has 0 saturated heterocycles. The van der Waals surface area contributed by atoms with Gasteiger partial charge in [-0.3, -0.25) is 0 Å². The molecule has 0 aliphatic carbocycles. The molecular formula is C9H10BrNO. The Morgan fingerprint density at radius 3 is 2.33 bits per heavy atom. The van der Waals surface area contributed by atoms with Crippen molar-refractivity contribution in [2.45, 2.75) is 11.2 Å². The maximum Gasteiger partial charge on any atom is 0.140 e. The molecule has 1 aromatic carbocycles. The summed E-state index contributed by atoms with van der Waals surface area (Å²) in [6.07, 6.45) is 0.860. The number of halogens is 1. The molecular weight excluding hydrogens is 218 g/mol. The van der Waals surface area contributed by atoms with Gasteiger partial charge in [-0.1, -0.05) is 28.1 Å². The molecule has 12 heavy (non-hydrogen) atoms. The Bertz CT molecular complexity index is 279. The first-order chi connectivity index (χ1) is 5.56. The average Bonchev–Trinajstić information content (AvgIpc) is 2.05. The van der Waals surface area contributed by atoms with Crippen LogP contribution in [-0.4, -0.2) is 6.29 Å². The first-order valence-electron chi connectivity index (χ1n) is 3.57. The fourth-order valence-electron chi connectivity index (χ4n) is 0.877. The van der Waals surface area contributed by atoms with E-state index in [1.165, 1.54) is 0 Å². The van der Waals surface area contributed by atoms with Crippen molar-refractivity contribution in [1.29, 1.82) is 0 Å². The molecule has 0 fully saturated rings. The normalized spacial score (nSPS) is 15.2. The van der Waals surface area contributed by atoms with Crippen molar-refractivity contribution in [2.75, 3.05) is 5.73 Å². The molecule has 2 nitrogen and oxygen atoms in total. The van der Waals surface area contributed by atoms with Crippen molar-refractivity contribution in [3.8, 4) is 0 Å². The number of aldehydes is 1. The Morgan fingerprint density at radius 2 is 1.92 bits per heavy atom. The number of hydrogen-bond donors (Lipinski definition) is 1. The van der Waals surface area contributed by atoms with Crippen molar-refractivity contribution >= 4 is 27.9 Å². The van der Waals surface area contributed by atoms with Crippen LogP contribution in [0.15, 0.2) is 24.3 Å². The number of hydrogen-bond acceptors (Lipinski definition) is 2. The molecule has 0 amide bonds. The predicted octanol–water partition coefficient (Wildman–Crippen LogP) is 2.08. The summed E-state index contributed by atoms with van der Waals surface area (Å²) in [7, 11) is 0. The zero-order valence-corrected chi connectivity index (χ0v) is 8.34. The second-order valence-corrected chi connectivity index (χ2v) is 4.46. The minimum Gasteiger partial charge on any atom is -0.399 e. The summed E-state index contributed by atoms with van der Waals surface area (Å²) in [5, 5.41) is 0. The number of rotatable bonds is 2. The molecule has 0 aliphatic heterocycles. The number of anilines is 1. The standard InChI is InChI=1S/C9H10BrNO/c1-9(10,6-12)7-2-4-8(11)5-3-7/h2-6H,11H2,1H3. The first-order valence-corrected chi connectivity index (χ1v) is 4.37. The highest BCUT2D eigenvalue weighted by Crippen LogP contribution is 2.28. The summed E-state index contributed by atoms with van der Waals surface area (Å²) in [4.78, 5) is 10.6. The maximum atomic E-state index is 10.6. The molecule has 1 atom stereocenters. The van der Waals surface area contributed by atoms with E-state index in [0.717, 1.165) is 11.8 Å². The van der Waals surface area contributed by atoms with Gasteiger partial charge in [0.2, 0.25) is 0 Å². The van der Waals surface area contributed by atoms with Crippen molar-refractivity contribution in [2.24, 2.45) is 0 Å². The summed E-state index contributed by atoms with van der Waals surface area (Å²) in [5.41, 5.74) is 7.12. The highest BCUT2D eigenvalue weighted by molar-refractivity contribution is 9.10. The van der Waals surface area contributed by atoms with E-state index in [0.29, 0.717) is 5.69 Å². The van der Waals surface area contributed by atoms with Gasteiger partial charge in [0.15, 0.2) is 0 Å². The van der Waals surface area contributed by atoms with E-state index < -0.39 is 4.32 Å². The molecule has 0 spiro atoms. The third-order valence-corrected chi connectivity index (χ3v) is 2.34. The van der Waals surface area contributed by atoms with Gasteiger partial charge < -0.3 is 10.5 Å². The van der Waals surface area contributed by atoms with Gasteiger partial charge in [0, 0.05) is 5.69 Å². The van der Waals surface area contributed by atoms with E-state index >= 15 is 0 Å². The van der Waals surface area contributed by atoms with Crippen LogP contribution in [0.25, 0.3) is 0 Å². The van der Waals surface area contributed by atoms with Gasteiger partial charge in [0.25, 0.3) is 0 Å². The topological polar surface area (TPSA) is 43.1 Å². The van der Waals surface area contributed by atoms with Gasteiger partial charge in [0.1, 0.15) is 10.6 Å². The van der Waals surface area contributed by atoms with Crippen LogP contribution in [0.5, 0.6) is 0 Å². The summed E-state index contributed by atoms with van der Waals surface area (Å²) in [6.45, 7) is 1.80. The lowest BCUT2D eigenvalue weighted by Gasteiger charge is -2.14. The monoisotopic (exact) mass is 227 g/mol. The minimum atomic E-state index is -0.597. The molecule has 0 aliphatic rings. The largest absolute Gasteiger partial charge is 0.399 e. The molecule has 0 aromatic heterocycles. The van der Waals surface area contributed by atoms with Crippen molar-refractivity contribution < 1.29 is 4.79 Å². The number of carbonyl (C=O) groups is 1. The number of nitrogen functional groups attached to an aromatic ring is 1. The van der Waals surface area contributed by atoms with E-state index in [2.05, 4.69) is 15.9 Å². The second-order valence-electron chi connectivity index (χ2n) is 2.82. The van der Waals surface area contributed by atoms with Gasteiger partial charge >= 0.3 is 0 Å². The highest BCUT2D eigenvalue weighted by Gasteiger charge is 2.20. The summed E-state index contributed by atoms with van der Waals surface area (Å²) in [5.74, 6) is 0. The lowest BCUT2D eigenvalue weighted by Crippen LogP contribution is -2.14. The lowest BCUT2D eigenvalue weighted by atomic mass is 10.0. The van der Waals surface area contributed by atoms with E-state index in [1.807, 2.05) is 12.1 Å². The molecule has 0 heterocycles. The molecule has 0 radical (unpaired) electrons.